The lowest BCUT2D eigenvalue weighted by atomic mass is 9.86. The lowest BCUT2D eigenvalue weighted by Crippen LogP contribution is -2.42. The molecule has 1 aliphatic carbocycles. The van der Waals surface area contributed by atoms with Crippen LogP contribution in [0.15, 0.2) is 35.5 Å². The molecule has 0 aromatic heterocycles. The topological polar surface area (TPSA) is 62.7 Å². The predicted molar refractivity (Wildman–Crippen MR) is 124 cm³/mol. The molecule has 2 aliphatic rings. The summed E-state index contributed by atoms with van der Waals surface area (Å²) in [5, 5.41) is 3.82. The molecule has 2 N–H and O–H groups in total. The Morgan fingerprint density at radius 2 is 1.73 bits per heavy atom. The van der Waals surface area contributed by atoms with Gasteiger partial charge in [-0.25, -0.2) is 5.43 Å². The molecule has 1 unspecified atom stereocenters. The molecule has 1 fully saturated rings. The van der Waals surface area contributed by atoms with Crippen molar-refractivity contribution in [2.75, 3.05) is 12.5 Å². The van der Waals surface area contributed by atoms with Crippen molar-refractivity contribution < 1.29 is 22.8 Å². The molecule has 1 atom stereocenters. The SMILES string of the molecule is CNNc1cc(C2=NOC(c3cc(Cl)c(Cl)c(Cl)c3)(C(F)(F)F)C2)ccc1Cl.O=CC1CC1. The van der Waals surface area contributed by atoms with Crippen LogP contribution in [0.5, 0.6) is 0 Å². The maximum atomic E-state index is 14.1. The Kier molecular flexibility index (Phi) is 8.07. The highest BCUT2D eigenvalue weighted by Crippen LogP contribution is 2.50. The molecule has 0 bridgehead atoms. The summed E-state index contributed by atoms with van der Waals surface area (Å²) in [7, 11) is 1.63. The molecule has 33 heavy (non-hydrogen) atoms. The van der Waals surface area contributed by atoms with E-state index in [0.717, 1.165) is 31.3 Å². The molecule has 1 saturated carbocycles. The highest BCUT2D eigenvalue weighted by atomic mass is 35.5. The number of oxime groups is 1. The highest BCUT2D eigenvalue weighted by molar-refractivity contribution is 6.48. The van der Waals surface area contributed by atoms with E-state index >= 15 is 0 Å². The fourth-order valence-electron chi connectivity index (χ4n) is 3.01. The van der Waals surface area contributed by atoms with Crippen molar-refractivity contribution >= 4 is 64.1 Å². The normalized spacial score (nSPS) is 19.8. The van der Waals surface area contributed by atoms with Crippen molar-refractivity contribution in [1.29, 1.82) is 0 Å². The lowest BCUT2D eigenvalue weighted by molar-refractivity contribution is -0.275. The molecule has 12 heteroatoms. The molecule has 1 aliphatic heterocycles. The van der Waals surface area contributed by atoms with E-state index < -0.39 is 18.2 Å². The number of hydrogen-bond acceptors (Lipinski definition) is 5. The molecule has 2 aromatic rings. The molecule has 5 nitrogen and oxygen atoms in total. The maximum Gasteiger partial charge on any atom is 0.435 e. The van der Waals surface area contributed by atoms with Gasteiger partial charge in [0.2, 0.25) is 0 Å². The van der Waals surface area contributed by atoms with E-state index in [-0.39, 0.29) is 26.3 Å². The van der Waals surface area contributed by atoms with Gasteiger partial charge in [-0.3, -0.25) is 0 Å². The average molecular weight is 543 g/mol. The van der Waals surface area contributed by atoms with E-state index in [4.69, 9.17) is 51.2 Å². The summed E-state index contributed by atoms with van der Waals surface area (Å²) < 4.78 is 42.2. The van der Waals surface area contributed by atoms with E-state index in [9.17, 15) is 18.0 Å². The van der Waals surface area contributed by atoms with E-state index in [1.807, 2.05) is 0 Å². The van der Waals surface area contributed by atoms with Gasteiger partial charge >= 0.3 is 6.18 Å². The van der Waals surface area contributed by atoms with Crippen molar-refractivity contribution in [2.24, 2.45) is 11.1 Å². The summed E-state index contributed by atoms with van der Waals surface area (Å²) in [6, 6.07) is 6.83. The van der Waals surface area contributed by atoms with Gasteiger partial charge < -0.3 is 15.1 Å². The molecule has 0 saturated heterocycles. The maximum absolute atomic E-state index is 14.1. The van der Waals surface area contributed by atoms with Crippen LogP contribution in [0.25, 0.3) is 0 Å². The first kappa shape index (κ1) is 25.9. The van der Waals surface area contributed by atoms with Crippen LogP contribution in [-0.2, 0) is 15.2 Å². The van der Waals surface area contributed by atoms with Crippen LogP contribution in [0.4, 0.5) is 18.9 Å². The summed E-state index contributed by atoms with van der Waals surface area (Å²) in [6.45, 7) is 0. The van der Waals surface area contributed by atoms with Gasteiger partial charge in [0.15, 0.2) is 0 Å². The Hall–Kier alpha value is -1.71. The number of halogens is 7. The third kappa shape index (κ3) is 5.69. The summed E-state index contributed by atoms with van der Waals surface area (Å²) >= 11 is 23.8. The fraction of sp³-hybridized carbons (Fsp3) is 0.333. The summed E-state index contributed by atoms with van der Waals surface area (Å²) in [5.41, 5.74) is 3.45. The third-order valence-corrected chi connectivity index (χ3v) is 6.54. The molecule has 0 radical (unpaired) electrons. The Labute approximate surface area is 208 Å². The number of hydrogen-bond donors (Lipinski definition) is 2. The van der Waals surface area contributed by atoms with Crippen LogP contribution in [0.1, 0.15) is 30.4 Å². The van der Waals surface area contributed by atoms with Crippen LogP contribution in [-0.4, -0.2) is 25.2 Å². The van der Waals surface area contributed by atoms with E-state index in [2.05, 4.69) is 16.0 Å². The molecule has 0 amide bonds. The van der Waals surface area contributed by atoms with Crippen molar-refractivity contribution in [3.05, 3.63) is 61.5 Å². The monoisotopic (exact) mass is 541 g/mol. The first-order valence-electron chi connectivity index (χ1n) is 9.67. The molecule has 0 spiro atoms. The zero-order valence-electron chi connectivity index (χ0n) is 17.1. The van der Waals surface area contributed by atoms with Gasteiger partial charge in [0.1, 0.15) is 6.29 Å². The number of nitrogens with zero attached hydrogens (tertiary/aromatic N) is 1. The Bertz CT molecular complexity index is 1050. The number of benzene rings is 2. The van der Waals surface area contributed by atoms with Crippen molar-refractivity contribution in [2.45, 2.75) is 31.0 Å². The minimum Gasteiger partial charge on any atom is -0.374 e. The second-order valence-electron chi connectivity index (χ2n) is 7.43. The van der Waals surface area contributed by atoms with Gasteiger partial charge in [-0.15, -0.1) is 0 Å². The largest absolute Gasteiger partial charge is 0.435 e. The van der Waals surface area contributed by atoms with E-state index in [1.54, 1.807) is 25.2 Å². The Morgan fingerprint density at radius 3 is 2.21 bits per heavy atom. The number of aldehydes is 1. The number of carbonyl (C=O) groups excluding carboxylic acids is 1. The van der Waals surface area contributed by atoms with Gasteiger partial charge in [-0.05, 0) is 37.1 Å². The number of rotatable bonds is 5. The molecule has 4 rings (SSSR count). The zero-order chi connectivity index (χ0) is 24.4. The lowest BCUT2D eigenvalue weighted by Gasteiger charge is -2.30. The standard InChI is InChI=1S/C17H12Cl4F3N3O.C4H6O/c1-25-26-13-4-8(2-3-10(13)18)14-7-16(28-27-14,17(22,23)24)9-5-11(19)15(21)12(20)6-9;5-3-4-1-2-4/h2-6,25-26H,7H2,1H3;3-4H,1-2H2. The van der Waals surface area contributed by atoms with E-state index in [0.29, 0.717) is 22.2 Å². The van der Waals surface area contributed by atoms with Gasteiger partial charge in [-0.2, -0.15) is 13.2 Å². The molecule has 1 heterocycles. The second kappa shape index (κ2) is 10.3. The van der Waals surface area contributed by atoms with Crippen LogP contribution in [0.2, 0.25) is 20.1 Å². The minimum absolute atomic E-state index is 0.0379. The van der Waals surface area contributed by atoms with Gasteiger partial charge in [0, 0.05) is 30.5 Å². The van der Waals surface area contributed by atoms with Crippen molar-refractivity contribution in [1.82, 2.24) is 5.43 Å². The van der Waals surface area contributed by atoms with Gasteiger partial charge in [0.25, 0.3) is 5.60 Å². The number of anilines is 1. The number of carbonyl (C=O) groups is 1. The fourth-order valence-corrected chi connectivity index (χ4v) is 3.78. The van der Waals surface area contributed by atoms with Gasteiger partial charge in [0.05, 0.1) is 31.5 Å². The zero-order valence-corrected chi connectivity index (χ0v) is 20.1. The van der Waals surface area contributed by atoms with Crippen LogP contribution in [0.3, 0.4) is 0 Å². The predicted octanol–water partition coefficient (Wildman–Crippen LogP) is 7.02. The molecule has 178 valence electrons. The van der Waals surface area contributed by atoms with E-state index in [1.165, 1.54) is 0 Å². The Morgan fingerprint density at radius 1 is 1.09 bits per heavy atom. The van der Waals surface area contributed by atoms with Crippen LogP contribution < -0.4 is 10.9 Å². The second-order valence-corrected chi connectivity index (χ2v) is 9.03. The first-order valence-corrected chi connectivity index (χ1v) is 11.2. The minimum atomic E-state index is -4.79. The quantitative estimate of drug-likeness (QED) is 0.242. The average Bonchev–Trinajstić information content (AvgIpc) is 3.49. The summed E-state index contributed by atoms with van der Waals surface area (Å²) in [6.07, 6.45) is -2.06. The first-order chi connectivity index (χ1) is 15.5. The molecular weight excluding hydrogens is 525 g/mol. The van der Waals surface area contributed by atoms with Crippen LogP contribution >= 0.6 is 46.4 Å². The summed E-state index contributed by atoms with van der Waals surface area (Å²) in [4.78, 5) is 14.5. The van der Waals surface area contributed by atoms with Gasteiger partial charge in [-0.1, -0.05) is 57.6 Å². The van der Waals surface area contributed by atoms with Crippen molar-refractivity contribution in [3.63, 3.8) is 0 Å². The molecule has 2 aromatic carbocycles. The number of hydrazine groups is 1. The number of alkyl halides is 3. The van der Waals surface area contributed by atoms with Crippen molar-refractivity contribution in [3.8, 4) is 0 Å². The van der Waals surface area contributed by atoms with Crippen LogP contribution in [0, 0.1) is 5.92 Å². The third-order valence-electron chi connectivity index (χ3n) is 5.01. The highest BCUT2D eigenvalue weighted by Gasteiger charge is 2.62. The Balaban J connectivity index is 0.000000541. The number of nitrogens with one attached hydrogen (secondary N) is 2. The molecular formula is C21H18Cl4F3N3O2. The smallest absolute Gasteiger partial charge is 0.374 e. The summed E-state index contributed by atoms with van der Waals surface area (Å²) in [5.74, 6) is 0.454.